The van der Waals surface area contributed by atoms with Crippen LogP contribution in [0.5, 0.6) is 0 Å². The number of hydrogen-bond donors (Lipinski definition) is 0. The molecule has 1 aliphatic rings. The number of allylic oxidation sites excluding steroid dienone is 1. The Morgan fingerprint density at radius 1 is 1.42 bits per heavy atom. The minimum atomic E-state index is -0.337. The predicted octanol–water partition coefficient (Wildman–Crippen LogP) is 4.08. The van der Waals surface area contributed by atoms with Crippen LogP contribution in [0.15, 0.2) is 24.3 Å². The summed E-state index contributed by atoms with van der Waals surface area (Å²) in [4.78, 5) is 19.6. The van der Waals surface area contributed by atoms with Gasteiger partial charge in [-0.15, -0.1) is 11.3 Å². The largest absolute Gasteiger partial charge is 0.466 e. The average Bonchev–Trinajstić information content (AvgIpc) is 2.96. The number of carbonyl (C=O) groups excluding carboxylic acids is 1. The third kappa shape index (κ3) is 3.22. The lowest BCUT2D eigenvalue weighted by molar-refractivity contribution is -0.134. The van der Waals surface area contributed by atoms with Crippen molar-refractivity contribution in [3.63, 3.8) is 0 Å². The van der Waals surface area contributed by atoms with Gasteiger partial charge in [0.05, 0.1) is 22.7 Å². The number of anilines is 1. The van der Waals surface area contributed by atoms with Crippen LogP contribution in [-0.2, 0) is 16.0 Å². The summed E-state index contributed by atoms with van der Waals surface area (Å²) < 4.78 is 4.74. The SMILES string of the molecule is COC(=O)/C=C(\C)c1sc(C)nc1-c1ccc2c(c1)CCCN2C. The maximum Gasteiger partial charge on any atom is 0.330 e. The van der Waals surface area contributed by atoms with Crippen molar-refractivity contribution in [1.29, 1.82) is 0 Å². The van der Waals surface area contributed by atoms with Crippen molar-refractivity contribution in [2.75, 3.05) is 25.6 Å². The maximum absolute atomic E-state index is 11.6. The molecule has 3 rings (SSSR count). The highest BCUT2D eigenvalue weighted by Crippen LogP contribution is 2.36. The van der Waals surface area contributed by atoms with Gasteiger partial charge < -0.3 is 9.64 Å². The number of rotatable bonds is 3. The molecule has 0 N–H and O–H groups in total. The number of nitrogens with zero attached hydrogens (tertiary/aromatic N) is 2. The third-order valence-corrected chi connectivity index (χ3v) is 5.44. The first-order valence-electron chi connectivity index (χ1n) is 8.08. The zero-order valence-corrected chi connectivity index (χ0v) is 15.4. The van der Waals surface area contributed by atoms with E-state index in [1.54, 1.807) is 11.3 Å². The van der Waals surface area contributed by atoms with Gasteiger partial charge in [0, 0.05) is 30.9 Å². The van der Waals surface area contributed by atoms with Crippen molar-refractivity contribution in [3.05, 3.63) is 39.7 Å². The van der Waals surface area contributed by atoms with Gasteiger partial charge in [0.2, 0.25) is 0 Å². The number of thiazole rings is 1. The molecule has 0 amide bonds. The van der Waals surface area contributed by atoms with E-state index in [0.717, 1.165) is 39.7 Å². The van der Waals surface area contributed by atoms with Gasteiger partial charge in [-0.1, -0.05) is 6.07 Å². The zero-order valence-electron chi connectivity index (χ0n) is 14.5. The van der Waals surface area contributed by atoms with Crippen molar-refractivity contribution >= 4 is 28.6 Å². The fraction of sp³-hybridized carbons (Fsp3) is 0.368. The predicted molar refractivity (Wildman–Crippen MR) is 99.5 cm³/mol. The number of carbonyl (C=O) groups is 1. The van der Waals surface area contributed by atoms with Crippen LogP contribution in [0.25, 0.3) is 16.8 Å². The highest BCUT2D eigenvalue weighted by molar-refractivity contribution is 7.13. The number of aryl methyl sites for hydroxylation is 2. The van der Waals surface area contributed by atoms with Gasteiger partial charge in [-0.3, -0.25) is 0 Å². The monoisotopic (exact) mass is 342 g/mol. The van der Waals surface area contributed by atoms with Crippen LogP contribution in [0.1, 0.15) is 28.8 Å². The van der Waals surface area contributed by atoms with E-state index in [1.165, 1.54) is 30.9 Å². The molecular weight excluding hydrogens is 320 g/mol. The van der Waals surface area contributed by atoms with E-state index >= 15 is 0 Å². The Kier molecular flexibility index (Phi) is 4.71. The Morgan fingerprint density at radius 2 is 2.21 bits per heavy atom. The molecule has 4 nitrogen and oxygen atoms in total. The van der Waals surface area contributed by atoms with Crippen molar-refractivity contribution in [2.45, 2.75) is 26.7 Å². The number of hydrogen-bond acceptors (Lipinski definition) is 5. The molecule has 126 valence electrons. The second-order valence-electron chi connectivity index (χ2n) is 6.13. The van der Waals surface area contributed by atoms with Crippen LogP contribution in [-0.4, -0.2) is 31.7 Å². The molecule has 0 saturated heterocycles. The number of methoxy groups -OCH3 is 1. The molecule has 2 aromatic rings. The topological polar surface area (TPSA) is 42.4 Å². The van der Waals surface area contributed by atoms with Crippen LogP contribution < -0.4 is 4.90 Å². The summed E-state index contributed by atoms with van der Waals surface area (Å²) in [6, 6.07) is 6.56. The molecule has 0 saturated carbocycles. The fourth-order valence-corrected chi connectivity index (χ4v) is 4.04. The second-order valence-corrected chi connectivity index (χ2v) is 7.33. The van der Waals surface area contributed by atoms with E-state index in [4.69, 9.17) is 9.72 Å². The summed E-state index contributed by atoms with van der Waals surface area (Å²) in [7, 11) is 3.53. The van der Waals surface area contributed by atoms with Gasteiger partial charge in [-0.05, 0) is 50.0 Å². The summed E-state index contributed by atoms with van der Waals surface area (Å²) in [6.07, 6.45) is 3.81. The third-order valence-electron chi connectivity index (χ3n) is 4.33. The normalized spacial score (nSPS) is 14.5. The summed E-state index contributed by atoms with van der Waals surface area (Å²) in [5.41, 5.74) is 5.62. The molecule has 0 spiro atoms. The van der Waals surface area contributed by atoms with Crippen molar-refractivity contribution < 1.29 is 9.53 Å². The van der Waals surface area contributed by atoms with E-state index < -0.39 is 0 Å². The lowest BCUT2D eigenvalue weighted by Gasteiger charge is -2.27. The minimum absolute atomic E-state index is 0.337. The van der Waals surface area contributed by atoms with Crippen molar-refractivity contribution in [2.24, 2.45) is 0 Å². The Morgan fingerprint density at radius 3 is 2.96 bits per heavy atom. The van der Waals surface area contributed by atoms with E-state index in [9.17, 15) is 4.79 Å². The molecule has 0 radical (unpaired) electrons. The number of ether oxygens (including phenoxy) is 1. The van der Waals surface area contributed by atoms with E-state index in [1.807, 2.05) is 13.8 Å². The van der Waals surface area contributed by atoms with Gasteiger partial charge in [-0.25, -0.2) is 9.78 Å². The fourth-order valence-electron chi connectivity index (χ4n) is 3.12. The van der Waals surface area contributed by atoms with Gasteiger partial charge in [0.15, 0.2) is 0 Å². The minimum Gasteiger partial charge on any atom is -0.466 e. The molecule has 5 heteroatoms. The molecule has 1 aliphatic heterocycles. The first-order valence-corrected chi connectivity index (χ1v) is 8.89. The quantitative estimate of drug-likeness (QED) is 0.623. The second kappa shape index (κ2) is 6.77. The standard InChI is InChI=1S/C19H22N2O2S/c1-12(10-17(22)23-4)19-18(20-13(2)24-19)15-7-8-16-14(11-15)6-5-9-21(16)3/h7-8,10-11H,5-6,9H2,1-4H3/b12-10+. The molecule has 0 aliphatic carbocycles. The van der Waals surface area contributed by atoms with Gasteiger partial charge in [0.25, 0.3) is 0 Å². The molecule has 0 unspecified atom stereocenters. The Labute approximate surface area is 146 Å². The highest BCUT2D eigenvalue weighted by atomic mass is 32.1. The molecule has 0 atom stereocenters. The summed E-state index contributed by atoms with van der Waals surface area (Å²) in [6.45, 7) is 5.03. The summed E-state index contributed by atoms with van der Waals surface area (Å²) >= 11 is 1.61. The zero-order chi connectivity index (χ0) is 17.3. The van der Waals surface area contributed by atoms with E-state index in [-0.39, 0.29) is 5.97 Å². The maximum atomic E-state index is 11.6. The highest BCUT2D eigenvalue weighted by Gasteiger charge is 2.18. The number of fused-ring (bicyclic) bond motifs is 1. The molecule has 2 heterocycles. The average molecular weight is 342 g/mol. The van der Waals surface area contributed by atoms with E-state index in [0.29, 0.717) is 0 Å². The molecule has 24 heavy (non-hydrogen) atoms. The Hall–Kier alpha value is -2.14. The van der Waals surface area contributed by atoms with Gasteiger partial charge >= 0.3 is 5.97 Å². The van der Waals surface area contributed by atoms with Crippen molar-refractivity contribution in [3.8, 4) is 11.3 Å². The molecule has 1 aromatic heterocycles. The number of aromatic nitrogens is 1. The number of benzene rings is 1. The van der Waals surface area contributed by atoms with Crippen LogP contribution in [0.4, 0.5) is 5.69 Å². The van der Waals surface area contributed by atoms with Crippen LogP contribution in [0, 0.1) is 6.92 Å². The Balaban J connectivity index is 2.04. The van der Waals surface area contributed by atoms with Crippen molar-refractivity contribution in [1.82, 2.24) is 4.98 Å². The van der Waals surface area contributed by atoms with E-state index in [2.05, 4.69) is 30.1 Å². The van der Waals surface area contributed by atoms with Crippen LogP contribution in [0.2, 0.25) is 0 Å². The first-order chi connectivity index (χ1) is 11.5. The van der Waals surface area contributed by atoms with Crippen LogP contribution >= 0.6 is 11.3 Å². The van der Waals surface area contributed by atoms with Crippen LogP contribution in [0.3, 0.4) is 0 Å². The van der Waals surface area contributed by atoms with Gasteiger partial charge in [-0.2, -0.15) is 0 Å². The Bertz CT molecular complexity index is 808. The number of esters is 1. The molecular formula is C19H22N2O2S. The summed E-state index contributed by atoms with van der Waals surface area (Å²) in [5.74, 6) is -0.337. The summed E-state index contributed by atoms with van der Waals surface area (Å²) in [5, 5.41) is 0.993. The first kappa shape index (κ1) is 16.7. The van der Waals surface area contributed by atoms with Gasteiger partial charge in [0.1, 0.15) is 0 Å². The molecule has 0 fully saturated rings. The molecule has 1 aromatic carbocycles. The smallest absolute Gasteiger partial charge is 0.330 e. The lowest BCUT2D eigenvalue weighted by Crippen LogP contribution is -2.24. The lowest BCUT2D eigenvalue weighted by atomic mass is 9.97. The molecule has 0 bridgehead atoms.